The number of hydrogen-bond donors (Lipinski definition) is 0. The maximum absolute atomic E-state index is 12.8. The molecule has 0 aliphatic carbocycles. The van der Waals surface area contributed by atoms with Crippen molar-refractivity contribution in [1.29, 1.82) is 5.26 Å². The van der Waals surface area contributed by atoms with Gasteiger partial charge in [0, 0.05) is 18.3 Å². The molecule has 0 aromatic heterocycles. The van der Waals surface area contributed by atoms with Crippen LogP contribution < -0.4 is 14.4 Å². The lowest BCUT2D eigenvalue weighted by molar-refractivity contribution is -0.114. The van der Waals surface area contributed by atoms with Gasteiger partial charge in [0.15, 0.2) is 11.5 Å². The Hall–Kier alpha value is -3.26. The molecule has 140 valence electrons. The Balaban J connectivity index is 2.26. The van der Waals surface area contributed by atoms with Crippen LogP contribution in [-0.2, 0) is 4.79 Å². The van der Waals surface area contributed by atoms with Gasteiger partial charge in [0.2, 0.25) is 0 Å². The minimum atomic E-state index is -0.178. The van der Waals surface area contributed by atoms with Crippen LogP contribution in [0.2, 0.25) is 0 Å². The zero-order valence-corrected chi connectivity index (χ0v) is 16.2. The first-order chi connectivity index (χ1) is 13.0. The van der Waals surface area contributed by atoms with E-state index in [0.29, 0.717) is 18.0 Å². The maximum atomic E-state index is 12.8. The van der Waals surface area contributed by atoms with E-state index in [1.807, 2.05) is 38.1 Å². The van der Waals surface area contributed by atoms with Crippen LogP contribution in [0, 0.1) is 25.2 Å². The molecule has 0 aliphatic rings. The van der Waals surface area contributed by atoms with E-state index in [2.05, 4.69) is 6.07 Å². The van der Waals surface area contributed by atoms with Crippen molar-refractivity contribution < 1.29 is 14.3 Å². The van der Waals surface area contributed by atoms with Gasteiger partial charge >= 0.3 is 0 Å². The number of benzene rings is 2. The number of hydrogen-bond acceptors (Lipinski definition) is 4. The molecule has 0 spiro atoms. The number of ether oxygens (including phenoxy) is 2. The van der Waals surface area contributed by atoms with E-state index in [1.54, 1.807) is 37.3 Å². The number of nitrogens with zero attached hydrogens (tertiary/aromatic N) is 2. The van der Waals surface area contributed by atoms with Gasteiger partial charge in [0.1, 0.15) is 0 Å². The van der Waals surface area contributed by atoms with E-state index < -0.39 is 0 Å². The van der Waals surface area contributed by atoms with E-state index >= 15 is 0 Å². The van der Waals surface area contributed by atoms with Crippen LogP contribution in [0.25, 0.3) is 6.08 Å². The van der Waals surface area contributed by atoms with E-state index in [-0.39, 0.29) is 12.3 Å². The molecule has 0 unspecified atom stereocenters. The summed E-state index contributed by atoms with van der Waals surface area (Å²) in [5.41, 5.74) is 3.87. The maximum Gasteiger partial charge on any atom is 0.251 e. The van der Waals surface area contributed by atoms with Crippen LogP contribution in [0.1, 0.15) is 23.1 Å². The van der Waals surface area contributed by atoms with E-state index in [0.717, 1.165) is 22.4 Å². The van der Waals surface area contributed by atoms with E-state index in [4.69, 9.17) is 14.7 Å². The lowest BCUT2D eigenvalue weighted by Crippen LogP contribution is -2.30. The number of carbonyl (C=O) groups excluding carboxylic acids is 1. The fourth-order valence-corrected chi connectivity index (χ4v) is 2.64. The third-order valence-electron chi connectivity index (χ3n) is 4.34. The van der Waals surface area contributed by atoms with Crippen LogP contribution in [0.5, 0.6) is 11.5 Å². The largest absolute Gasteiger partial charge is 0.493 e. The quantitative estimate of drug-likeness (QED) is 0.688. The second-order valence-corrected chi connectivity index (χ2v) is 6.11. The number of carbonyl (C=O) groups is 1. The van der Waals surface area contributed by atoms with Gasteiger partial charge in [-0.15, -0.1) is 0 Å². The number of methoxy groups -OCH3 is 2. The van der Waals surface area contributed by atoms with Crippen molar-refractivity contribution in [3.8, 4) is 17.6 Å². The number of nitriles is 1. The van der Waals surface area contributed by atoms with Crippen LogP contribution in [-0.4, -0.2) is 26.7 Å². The lowest BCUT2D eigenvalue weighted by atomic mass is 10.1. The van der Waals surface area contributed by atoms with Crippen molar-refractivity contribution in [2.75, 3.05) is 25.7 Å². The van der Waals surface area contributed by atoms with Crippen LogP contribution >= 0.6 is 0 Å². The predicted octanol–water partition coefficient (Wildman–Crippen LogP) is 4.28. The van der Waals surface area contributed by atoms with Gasteiger partial charge in [0.05, 0.1) is 26.7 Å². The number of anilines is 1. The predicted molar refractivity (Wildman–Crippen MR) is 107 cm³/mol. The summed E-state index contributed by atoms with van der Waals surface area (Å²) in [7, 11) is 3.15. The van der Waals surface area contributed by atoms with Crippen molar-refractivity contribution >= 4 is 17.7 Å². The Morgan fingerprint density at radius 1 is 1.07 bits per heavy atom. The smallest absolute Gasteiger partial charge is 0.251 e. The summed E-state index contributed by atoms with van der Waals surface area (Å²) in [6, 6.07) is 13.4. The van der Waals surface area contributed by atoms with Crippen LogP contribution in [0.3, 0.4) is 0 Å². The van der Waals surface area contributed by atoms with Crippen LogP contribution in [0.4, 0.5) is 5.69 Å². The van der Waals surface area contributed by atoms with E-state index in [1.165, 1.54) is 6.08 Å². The molecule has 0 atom stereocenters. The molecule has 0 heterocycles. The van der Waals surface area contributed by atoms with Crippen molar-refractivity contribution in [3.63, 3.8) is 0 Å². The van der Waals surface area contributed by atoms with Gasteiger partial charge in [-0.2, -0.15) is 5.26 Å². The molecule has 5 heteroatoms. The molecule has 0 saturated carbocycles. The SMILES string of the molecule is COc1ccc(/C=C/C(=O)N(CCC#N)c2ccc(C)c(C)c2)cc1OC. The molecule has 5 nitrogen and oxygen atoms in total. The normalized spacial score (nSPS) is 10.5. The molecular weight excluding hydrogens is 340 g/mol. The molecule has 27 heavy (non-hydrogen) atoms. The van der Waals surface area contributed by atoms with Gasteiger partial charge < -0.3 is 14.4 Å². The van der Waals surface area contributed by atoms with Gasteiger partial charge in [-0.25, -0.2) is 0 Å². The second kappa shape index (κ2) is 9.44. The van der Waals surface area contributed by atoms with Crippen molar-refractivity contribution in [2.45, 2.75) is 20.3 Å². The minimum absolute atomic E-state index is 0.178. The van der Waals surface area contributed by atoms with E-state index in [9.17, 15) is 4.79 Å². The Bertz CT molecular complexity index is 882. The fraction of sp³-hybridized carbons (Fsp3) is 0.273. The standard InChI is InChI=1S/C22H24N2O3/c1-16-6-9-19(14-17(16)2)24(13-5-12-23)22(25)11-8-18-7-10-20(26-3)21(15-18)27-4/h6-11,14-15H,5,13H2,1-4H3/b11-8+. The van der Waals surface area contributed by atoms with Crippen molar-refractivity contribution in [3.05, 3.63) is 59.2 Å². The molecule has 0 bridgehead atoms. The zero-order chi connectivity index (χ0) is 19.8. The van der Waals surface area contributed by atoms with Gasteiger partial charge in [-0.1, -0.05) is 12.1 Å². The first-order valence-electron chi connectivity index (χ1n) is 8.66. The van der Waals surface area contributed by atoms with Gasteiger partial charge in [0.25, 0.3) is 5.91 Å². The summed E-state index contributed by atoms with van der Waals surface area (Å²) in [5.74, 6) is 1.05. The Morgan fingerprint density at radius 3 is 2.44 bits per heavy atom. The number of aryl methyl sites for hydroxylation is 2. The molecular formula is C22H24N2O3. The number of amides is 1. The van der Waals surface area contributed by atoms with Crippen LogP contribution in [0.15, 0.2) is 42.5 Å². The lowest BCUT2D eigenvalue weighted by Gasteiger charge is -2.21. The summed E-state index contributed by atoms with van der Waals surface area (Å²) in [4.78, 5) is 14.4. The highest BCUT2D eigenvalue weighted by Crippen LogP contribution is 2.28. The zero-order valence-electron chi connectivity index (χ0n) is 16.2. The topological polar surface area (TPSA) is 62.6 Å². The Kier molecular flexibility index (Phi) is 7.01. The molecule has 0 radical (unpaired) electrons. The third-order valence-corrected chi connectivity index (χ3v) is 4.34. The summed E-state index contributed by atoms with van der Waals surface area (Å²) in [6.07, 6.45) is 3.50. The summed E-state index contributed by atoms with van der Waals surface area (Å²) in [5, 5.41) is 8.93. The summed E-state index contributed by atoms with van der Waals surface area (Å²) < 4.78 is 10.5. The average Bonchev–Trinajstić information content (AvgIpc) is 2.68. The second-order valence-electron chi connectivity index (χ2n) is 6.11. The average molecular weight is 364 g/mol. The summed E-state index contributed by atoms with van der Waals surface area (Å²) in [6.45, 7) is 4.37. The molecule has 2 aromatic carbocycles. The molecule has 0 N–H and O–H groups in total. The highest BCUT2D eigenvalue weighted by Gasteiger charge is 2.14. The fourth-order valence-electron chi connectivity index (χ4n) is 2.64. The van der Waals surface area contributed by atoms with Gasteiger partial charge in [-0.05, 0) is 60.9 Å². The Morgan fingerprint density at radius 2 is 1.81 bits per heavy atom. The first kappa shape index (κ1) is 20.1. The monoisotopic (exact) mass is 364 g/mol. The minimum Gasteiger partial charge on any atom is -0.493 e. The highest BCUT2D eigenvalue weighted by atomic mass is 16.5. The molecule has 0 saturated heterocycles. The third kappa shape index (κ3) is 5.11. The Labute approximate surface area is 160 Å². The molecule has 2 aromatic rings. The van der Waals surface area contributed by atoms with Crippen molar-refractivity contribution in [1.82, 2.24) is 0 Å². The highest BCUT2D eigenvalue weighted by molar-refractivity contribution is 6.04. The first-order valence-corrected chi connectivity index (χ1v) is 8.66. The molecule has 0 aliphatic heterocycles. The molecule has 0 fully saturated rings. The summed E-state index contributed by atoms with van der Waals surface area (Å²) >= 11 is 0. The van der Waals surface area contributed by atoms with Gasteiger partial charge in [-0.3, -0.25) is 4.79 Å². The molecule has 1 amide bonds. The van der Waals surface area contributed by atoms with Crippen molar-refractivity contribution in [2.24, 2.45) is 0 Å². The number of rotatable bonds is 7. The molecule has 2 rings (SSSR count).